The molecule has 0 saturated carbocycles. The van der Waals surface area contributed by atoms with E-state index in [4.69, 9.17) is 9.47 Å². The first kappa shape index (κ1) is 22.6. The Kier molecular flexibility index (Phi) is 8.25. The summed E-state index contributed by atoms with van der Waals surface area (Å²) in [6.45, 7) is 8.00. The molecule has 0 bridgehead atoms. The van der Waals surface area contributed by atoms with E-state index in [1.807, 2.05) is 105 Å². The fraction of sp³-hybridized carbons (Fsp3) is 0.296. The molecule has 0 fully saturated rings. The lowest BCUT2D eigenvalue weighted by atomic mass is 10.1. The summed E-state index contributed by atoms with van der Waals surface area (Å²) in [7, 11) is 0. The first-order chi connectivity index (χ1) is 15.1. The summed E-state index contributed by atoms with van der Waals surface area (Å²) >= 11 is 0. The minimum atomic E-state index is -0.0125. The van der Waals surface area contributed by atoms with Gasteiger partial charge >= 0.3 is 0 Å². The van der Waals surface area contributed by atoms with Crippen LogP contribution in [0.4, 0.5) is 0 Å². The highest BCUT2D eigenvalue weighted by Gasteiger charge is 2.19. The zero-order valence-electron chi connectivity index (χ0n) is 18.6. The van der Waals surface area contributed by atoms with Crippen LogP contribution >= 0.6 is 0 Å². The van der Waals surface area contributed by atoms with Crippen LogP contribution in [0.1, 0.15) is 47.8 Å². The first-order valence-corrected chi connectivity index (χ1v) is 10.8. The maximum absolute atomic E-state index is 13.6. The summed E-state index contributed by atoms with van der Waals surface area (Å²) in [4.78, 5) is 15.4. The Balaban J connectivity index is 1.89. The molecule has 0 heterocycles. The van der Waals surface area contributed by atoms with Gasteiger partial charge in [-0.15, -0.1) is 0 Å². The molecule has 0 saturated heterocycles. The summed E-state index contributed by atoms with van der Waals surface area (Å²) in [5, 5.41) is 0. The Morgan fingerprint density at radius 3 is 1.97 bits per heavy atom. The largest absolute Gasteiger partial charge is 0.494 e. The standard InChI is InChI=1S/C27H31NO3/c1-4-30-26-16-15-24(17-25(26)20-31-21(2)3)27(29)28(18-22-11-7-5-8-12-22)19-23-13-9-6-10-14-23/h5-17,21H,4,18-20H2,1-3H3. The molecule has 3 aromatic carbocycles. The lowest BCUT2D eigenvalue weighted by molar-refractivity contribution is 0.0639. The molecule has 3 rings (SSSR count). The van der Waals surface area contributed by atoms with E-state index >= 15 is 0 Å². The van der Waals surface area contributed by atoms with Crippen molar-refractivity contribution < 1.29 is 14.3 Å². The van der Waals surface area contributed by atoms with Crippen molar-refractivity contribution in [2.24, 2.45) is 0 Å². The van der Waals surface area contributed by atoms with E-state index in [2.05, 4.69) is 0 Å². The highest BCUT2D eigenvalue weighted by atomic mass is 16.5. The third kappa shape index (κ3) is 6.69. The Labute approximate surface area is 185 Å². The Bertz CT molecular complexity index is 913. The normalized spacial score (nSPS) is 10.8. The molecule has 0 spiro atoms. The van der Waals surface area contributed by atoms with Gasteiger partial charge in [0.1, 0.15) is 5.75 Å². The number of rotatable bonds is 10. The van der Waals surface area contributed by atoms with Crippen molar-refractivity contribution in [2.45, 2.75) is 46.6 Å². The van der Waals surface area contributed by atoms with Crippen molar-refractivity contribution in [3.63, 3.8) is 0 Å². The van der Waals surface area contributed by atoms with Gasteiger partial charge in [-0.05, 0) is 50.1 Å². The Hall–Kier alpha value is -3.11. The maximum atomic E-state index is 13.6. The average molecular weight is 418 g/mol. The number of hydrogen-bond donors (Lipinski definition) is 0. The summed E-state index contributed by atoms with van der Waals surface area (Å²) < 4.78 is 11.5. The molecule has 4 heteroatoms. The first-order valence-electron chi connectivity index (χ1n) is 10.8. The van der Waals surface area contributed by atoms with Crippen LogP contribution in [0.25, 0.3) is 0 Å². The van der Waals surface area contributed by atoms with Crippen molar-refractivity contribution in [3.05, 3.63) is 101 Å². The molecule has 4 nitrogen and oxygen atoms in total. The second-order valence-corrected chi connectivity index (χ2v) is 7.75. The van der Waals surface area contributed by atoms with E-state index in [-0.39, 0.29) is 12.0 Å². The molecule has 0 atom stereocenters. The predicted octanol–water partition coefficient (Wildman–Crippen LogP) is 5.85. The summed E-state index contributed by atoms with van der Waals surface area (Å²) in [6, 6.07) is 25.8. The molecule has 3 aromatic rings. The molecule has 0 aromatic heterocycles. The van der Waals surface area contributed by atoms with Gasteiger partial charge in [-0.1, -0.05) is 60.7 Å². The van der Waals surface area contributed by atoms with Gasteiger partial charge in [-0.3, -0.25) is 4.79 Å². The van der Waals surface area contributed by atoms with Gasteiger partial charge in [0.2, 0.25) is 0 Å². The third-order valence-electron chi connectivity index (χ3n) is 4.90. The summed E-state index contributed by atoms with van der Waals surface area (Å²) in [5.74, 6) is 0.749. The van der Waals surface area contributed by atoms with E-state index < -0.39 is 0 Å². The molecule has 0 unspecified atom stereocenters. The highest BCUT2D eigenvalue weighted by Crippen LogP contribution is 2.24. The highest BCUT2D eigenvalue weighted by molar-refractivity contribution is 5.94. The molecular weight excluding hydrogens is 386 g/mol. The van der Waals surface area contributed by atoms with Crippen LogP contribution in [-0.2, 0) is 24.4 Å². The Morgan fingerprint density at radius 2 is 1.45 bits per heavy atom. The number of ether oxygens (including phenoxy) is 2. The molecule has 0 aliphatic heterocycles. The monoisotopic (exact) mass is 417 g/mol. The molecule has 31 heavy (non-hydrogen) atoms. The number of carbonyl (C=O) groups excluding carboxylic acids is 1. The van der Waals surface area contributed by atoms with Gasteiger partial charge in [0, 0.05) is 24.2 Å². The zero-order chi connectivity index (χ0) is 22.1. The van der Waals surface area contributed by atoms with Crippen molar-refractivity contribution in [1.82, 2.24) is 4.90 Å². The fourth-order valence-corrected chi connectivity index (χ4v) is 3.37. The minimum Gasteiger partial charge on any atom is -0.494 e. The maximum Gasteiger partial charge on any atom is 0.254 e. The lowest BCUT2D eigenvalue weighted by Gasteiger charge is -2.24. The van der Waals surface area contributed by atoms with Gasteiger partial charge < -0.3 is 14.4 Å². The van der Waals surface area contributed by atoms with E-state index in [9.17, 15) is 4.79 Å². The van der Waals surface area contributed by atoms with Crippen LogP contribution in [-0.4, -0.2) is 23.5 Å². The van der Waals surface area contributed by atoms with Crippen LogP contribution in [0.3, 0.4) is 0 Å². The van der Waals surface area contributed by atoms with Crippen molar-refractivity contribution in [2.75, 3.05) is 6.61 Å². The van der Waals surface area contributed by atoms with E-state index in [1.54, 1.807) is 0 Å². The predicted molar refractivity (Wildman–Crippen MR) is 124 cm³/mol. The van der Waals surface area contributed by atoms with Crippen molar-refractivity contribution in [3.8, 4) is 5.75 Å². The van der Waals surface area contributed by atoms with Crippen LogP contribution in [0.2, 0.25) is 0 Å². The van der Waals surface area contributed by atoms with Gasteiger partial charge in [0.05, 0.1) is 19.3 Å². The third-order valence-corrected chi connectivity index (χ3v) is 4.90. The van der Waals surface area contributed by atoms with Crippen LogP contribution in [0, 0.1) is 0 Å². The second kappa shape index (κ2) is 11.3. The molecule has 1 amide bonds. The summed E-state index contributed by atoms with van der Waals surface area (Å²) in [5.41, 5.74) is 3.72. The minimum absolute atomic E-state index is 0.0125. The van der Waals surface area contributed by atoms with Gasteiger partial charge in [0.25, 0.3) is 5.91 Å². The van der Waals surface area contributed by atoms with E-state index in [0.29, 0.717) is 31.9 Å². The van der Waals surface area contributed by atoms with Gasteiger partial charge in [0.15, 0.2) is 0 Å². The molecule has 0 aliphatic rings. The second-order valence-electron chi connectivity index (χ2n) is 7.75. The van der Waals surface area contributed by atoms with Gasteiger partial charge in [-0.2, -0.15) is 0 Å². The van der Waals surface area contributed by atoms with Crippen LogP contribution in [0.5, 0.6) is 5.75 Å². The van der Waals surface area contributed by atoms with Crippen molar-refractivity contribution in [1.29, 1.82) is 0 Å². The van der Waals surface area contributed by atoms with Crippen LogP contribution < -0.4 is 4.74 Å². The summed E-state index contributed by atoms with van der Waals surface area (Å²) in [6.07, 6.45) is 0.0986. The SMILES string of the molecule is CCOc1ccc(C(=O)N(Cc2ccccc2)Cc2ccccc2)cc1COC(C)C. The van der Waals surface area contributed by atoms with Gasteiger partial charge in [-0.25, -0.2) is 0 Å². The number of carbonyl (C=O) groups is 1. The number of amides is 1. The molecule has 0 N–H and O–H groups in total. The number of benzene rings is 3. The smallest absolute Gasteiger partial charge is 0.254 e. The molecular formula is C27H31NO3. The quantitative estimate of drug-likeness (QED) is 0.415. The molecule has 0 aliphatic carbocycles. The lowest BCUT2D eigenvalue weighted by Crippen LogP contribution is -2.30. The van der Waals surface area contributed by atoms with Crippen LogP contribution in [0.15, 0.2) is 78.9 Å². The molecule has 0 radical (unpaired) electrons. The molecule has 162 valence electrons. The zero-order valence-corrected chi connectivity index (χ0v) is 18.6. The fourth-order valence-electron chi connectivity index (χ4n) is 3.37. The average Bonchev–Trinajstić information content (AvgIpc) is 2.79. The number of nitrogens with zero attached hydrogens (tertiary/aromatic N) is 1. The Morgan fingerprint density at radius 1 is 0.871 bits per heavy atom. The number of hydrogen-bond acceptors (Lipinski definition) is 3. The van der Waals surface area contributed by atoms with E-state index in [0.717, 1.165) is 22.4 Å². The topological polar surface area (TPSA) is 38.8 Å². The van der Waals surface area contributed by atoms with E-state index in [1.165, 1.54) is 0 Å². The van der Waals surface area contributed by atoms with Crippen molar-refractivity contribution >= 4 is 5.91 Å².